The maximum Gasteiger partial charge on any atom is 0.258 e. The van der Waals surface area contributed by atoms with E-state index < -0.39 is 0 Å². The van der Waals surface area contributed by atoms with E-state index in [0.29, 0.717) is 17.1 Å². The second-order valence-corrected chi connectivity index (χ2v) is 6.82. The predicted molar refractivity (Wildman–Crippen MR) is 105 cm³/mol. The Morgan fingerprint density at radius 1 is 1.19 bits per heavy atom. The number of amides is 1. The molecule has 6 heteroatoms. The molecule has 0 aliphatic rings. The van der Waals surface area contributed by atoms with Gasteiger partial charge in [-0.3, -0.25) is 9.48 Å². The van der Waals surface area contributed by atoms with Crippen molar-refractivity contribution in [2.24, 2.45) is 0 Å². The molecule has 3 aromatic rings. The van der Waals surface area contributed by atoms with Crippen molar-refractivity contribution in [3.8, 4) is 0 Å². The van der Waals surface area contributed by atoms with Gasteiger partial charge in [0.25, 0.3) is 5.91 Å². The molecule has 134 valence electrons. The normalized spacial score (nSPS) is 10.9. The van der Waals surface area contributed by atoms with Crippen molar-refractivity contribution in [2.75, 3.05) is 19.4 Å². The highest BCUT2D eigenvalue weighted by atomic mass is 35.5. The van der Waals surface area contributed by atoms with E-state index in [0.717, 1.165) is 23.4 Å². The van der Waals surface area contributed by atoms with Crippen LogP contribution < -0.4 is 5.32 Å². The van der Waals surface area contributed by atoms with E-state index in [1.54, 1.807) is 17.1 Å². The smallest absolute Gasteiger partial charge is 0.258 e. The maximum absolute atomic E-state index is 12.5. The zero-order valence-corrected chi connectivity index (χ0v) is 15.6. The zero-order valence-electron chi connectivity index (χ0n) is 14.8. The van der Waals surface area contributed by atoms with Gasteiger partial charge in [-0.15, -0.1) is 0 Å². The maximum atomic E-state index is 12.5. The number of carbonyl (C=O) groups excluding carboxylic acids is 1. The molecule has 0 atom stereocenters. The monoisotopic (exact) mass is 368 g/mol. The molecule has 5 nitrogen and oxygen atoms in total. The highest BCUT2D eigenvalue weighted by Crippen LogP contribution is 2.17. The first-order valence-electron chi connectivity index (χ1n) is 8.32. The van der Waals surface area contributed by atoms with Gasteiger partial charge in [0.2, 0.25) is 0 Å². The topological polar surface area (TPSA) is 50.2 Å². The van der Waals surface area contributed by atoms with Crippen LogP contribution in [-0.2, 0) is 13.1 Å². The Hall–Kier alpha value is -2.63. The molecular weight excluding hydrogens is 348 g/mol. The Morgan fingerprint density at radius 2 is 2.00 bits per heavy atom. The van der Waals surface area contributed by atoms with Crippen molar-refractivity contribution >= 4 is 23.2 Å². The third kappa shape index (κ3) is 4.71. The van der Waals surface area contributed by atoms with Crippen LogP contribution in [0.1, 0.15) is 21.5 Å². The quantitative estimate of drug-likeness (QED) is 0.718. The summed E-state index contributed by atoms with van der Waals surface area (Å²) in [5.74, 6) is -0.183. The lowest BCUT2D eigenvalue weighted by Crippen LogP contribution is -2.13. The summed E-state index contributed by atoms with van der Waals surface area (Å²) in [4.78, 5) is 14.6. The number of hydrogen-bond donors (Lipinski definition) is 1. The molecule has 0 fully saturated rings. The molecule has 2 aromatic carbocycles. The molecule has 0 radical (unpaired) electrons. The molecule has 0 aliphatic carbocycles. The van der Waals surface area contributed by atoms with Crippen LogP contribution in [0.15, 0.2) is 60.9 Å². The van der Waals surface area contributed by atoms with Gasteiger partial charge in [-0.25, -0.2) is 0 Å². The fourth-order valence-electron chi connectivity index (χ4n) is 2.68. The van der Waals surface area contributed by atoms with Gasteiger partial charge in [-0.05, 0) is 43.4 Å². The van der Waals surface area contributed by atoms with Gasteiger partial charge in [-0.2, -0.15) is 5.10 Å². The van der Waals surface area contributed by atoms with Crippen LogP contribution in [0, 0.1) is 0 Å². The number of anilines is 1. The molecular formula is C20H21ClN4O. The molecule has 1 amide bonds. The minimum absolute atomic E-state index is 0.183. The van der Waals surface area contributed by atoms with E-state index >= 15 is 0 Å². The lowest BCUT2D eigenvalue weighted by molar-refractivity contribution is 0.102. The number of hydrogen-bond acceptors (Lipinski definition) is 3. The van der Waals surface area contributed by atoms with Gasteiger partial charge in [-0.1, -0.05) is 41.9 Å². The Labute approximate surface area is 158 Å². The Balaban J connectivity index is 1.68. The molecule has 1 heterocycles. The number of rotatable bonds is 6. The lowest BCUT2D eigenvalue weighted by Gasteiger charge is -2.11. The van der Waals surface area contributed by atoms with Crippen LogP contribution in [-0.4, -0.2) is 34.7 Å². The molecule has 26 heavy (non-hydrogen) atoms. The summed E-state index contributed by atoms with van der Waals surface area (Å²) in [6.07, 6.45) is 3.29. The molecule has 1 N–H and O–H groups in total. The largest absolute Gasteiger partial charge is 0.322 e. The van der Waals surface area contributed by atoms with Crippen LogP contribution in [0.2, 0.25) is 5.02 Å². The second kappa shape index (κ2) is 8.17. The van der Waals surface area contributed by atoms with Gasteiger partial charge >= 0.3 is 0 Å². The fourth-order valence-corrected chi connectivity index (χ4v) is 2.88. The van der Waals surface area contributed by atoms with Gasteiger partial charge in [0.15, 0.2) is 0 Å². The second-order valence-electron chi connectivity index (χ2n) is 6.41. The van der Waals surface area contributed by atoms with Gasteiger partial charge < -0.3 is 10.2 Å². The first-order valence-corrected chi connectivity index (χ1v) is 8.70. The van der Waals surface area contributed by atoms with Crippen LogP contribution in [0.4, 0.5) is 5.69 Å². The third-order valence-electron chi connectivity index (χ3n) is 3.87. The van der Waals surface area contributed by atoms with Gasteiger partial charge in [0, 0.05) is 23.5 Å². The van der Waals surface area contributed by atoms with E-state index in [2.05, 4.69) is 15.3 Å². The number of benzene rings is 2. The minimum Gasteiger partial charge on any atom is -0.322 e. The Morgan fingerprint density at radius 3 is 2.77 bits per heavy atom. The molecule has 3 rings (SSSR count). The first-order chi connectivity index (χ1) is 12.5. The number of carbonyl (C=O) groups is 1. The van der Waals surface area contributed by atoms with Crippen molar-refractivity contribution in [1.29, 1.82) is 0 Å². The zero-order chi connectivity index (χ0) is 18.5. The molecule has 1 aromatic heterocycles. The van der Waals surface area contributed by atoms with Crippen molar-refractivity contribution in [2.45, 2.75) is 13.1 Å². The van der Waals surface area contributed by atoms with Crippen LogP contribution in [0.25, 0.3) is 0 Å². The first kappa shape index (κ1) is 18.2. The van der Waals surface area contributed by atoms with E-state index in [1.165, 1.54) is 0 Å². The summed E-state index contributed by atoms with van der Waals surface area (Å²) in [5.41, 5.74) is 3.38. The Bertz CT molecular complexity index is 904. The van der Waals surface area contributed by atoms with Gasteiger partial charge in [0.1, 0.15) is 0 Å². The Kier molecular flexibility index (Phi) is 5.71. The standard InChI is InChI=1S/C20H21ClN4O/c1-24(2)12-15-6-5-8-18(10-15)23-20(26)17-11-22-25(14-17)13-16-7-3-4-9-19(16)21/h3-11,14H,12-13H2,1-2H3,(H,23,26). The number of aromatic nitrogens is 2. The van der Waals surface area contributed by atoms with Crippen molar-refractivity contribution in [1.82, 2.24) is 14.7 Å². The van der Waals surface area contributed by atoms with Crippen LogP contribution >= 0.6 is 11.6 Å². The third-order valence-corrected chi connectivity index (χ3v) is 4.24. The molecule has 0 unspecified atom stereocenters. The fraction of sp³-hybridized carbons (Fsp3) is 0.200. The number of nitrogens with zero attached hydrogens (tertiary/aromatic N) is 3. The summed E-state index contributed by atoms with van der Waals surface area (Å²) in [7, 11) is 4.03. The van der Waals surface area contributed by atoms with Crippen molar-refractivity contribution in [3.63, 3.8) is 0 Å². The summed E-state index contributed by atoms with van der Waals surface area (Å²) in [6, 6.07) is 15.4. The van der Waals surface area contributed by atoms with E-state index in [9.17, 15) is 4.79 Å². The lowest BCUT2D eigenvalue weighted by atomic mass is 10.2. The summed E-state index contributed by atoms with van der Waals surface area (Å²) < 4.78 is 1.71. The average Bonchev–Trinajstić information content (AvgIpc) is 3.05. The van der Waals surface area contributed by atoms with Crippen molar-refractivity contribution < 1.29 is 4.79 Å². The van der Waals surface area contributed by atoms with Crippen LogP contribution in [0.5, 0.6) is 0 Å². The van der Waals surface area contributed by atoms with E-state index in [-0.39, 0.29) is 5.91 Å². The SMILES string of the molecule is CN(C)Cc1cccc(NC(=O)c2cnn(Cc3ccccc3Cl)c2)c1. The molecule has 0 aliphatic heterocycles. The van der Waals surface area contributed by atoms with E-state index in [4.69, 9.17) is 11.6 Å². The average molecular weight is 369 g/mol. The predicted octanol–water partition coefficient (Wildman–Crippen LogP) is 3.90. The van der Waals surface area contributed by atoms with E-state index in [1.807, 2.05) is 62.6 Å². The molecule has 0 saturated carbocycles. The minimum atomic E-state index is -0.183. The number of nitrogens with one attached hydrogen (secondary N) is 1. The summed E-state index contributed by atoms with van der Waals surface area (Å²) in [5, 5.41) is 7.87. The molecule has 0 saturated heterocycles. The summed E-state index contributed by atoms with van der Waals surface area (Å²) in [6.45, 7) is 1.34. The molecule has 0 bridgehead atoms. The van der Waals surface area contributed by atoms with Crippen LogP contribution in [0.3, 0.4) is 0 Å². The van der Waals surface area contributed by atoms with Crippen molar-refractivity contribution in [3.05, 3.63) is 82.6 Å². The summed E-state index contributed by atoms with van der Waals surface area (Å²) >= 11 is 6.18. The highest BCUT2D eigenvalue weighted by Gasteiger charge is 2.10. The molecule has 0 spiro atoms. The van der Waals surface area contributed by atoms with Gasteiger partial charge in [0.05, 0.1) is 18.3 Å². The number of halogens is 1. The highest BCUT2D eigenvalue weighted by molar-refractivity contribution is 6.31.